The Morgan fingerprint density at radius 2 is 1.56 bits per heavy atom. The van der Waals surface area contributed by atoms with Crippen LogP contribution in [-0.4, -0.2) is 23.4 Å². The molecule has 0 radical (unpaired) electrons. The smallest absolute Gasteiger partial charge is 0.296 e. The summed E-state index contributed by atoms with van der Waals surface area (Å²) in [6.45, 7) is 0.390. The van der Waals surface area contributed by atoms with E-state index in [2.05, 4.69) is 5.32 Å². The zero-order valence-electron chi connectivity index (χ0n) is 16.9. The molecule has 1 aromatic heterocycles. The second-order valence-electron chi connectivity index (χ2n) is 7.05. The van der Waals surface area contributed by atoms with Gasteiger partial charge in [0.15, 0.2) is 0 Å². The lowest BCUT2D eigenvalue weighted by Crippen LogP contribution is -2.23. The number of nitrogens with one attached hydrogen (secondary N) is 1. The van der Waals surface area contributed by atoms with Gasteiger partial charge in [0.25, 0.3) is 11.7 Å². The van der Waals surface area contributed by atoms with Crippen molar-refractivity contribution >= 4 is 63.1 Å². The van der Waals surface area contributed by atoms with Crippen LogP contribution in [0.1, 0.15) is 15.9 Å². The van der Waals surface area contributed by atoms with Gasteiger partial charge in [-0.3, -0.25) is 9.59 Å². The van der Waals surface area contributed by atoms with Crippen molar-refractivity contribution in [3.63, 3.8) is 0 Å². The van der Waals surface area contributed by atoms with Gasteiger partial charge in [0.1, 0.15) is 10.9 Å². The van der Waals surface area contributed by atoms with E-state index >= 15 is 0 Å². The number of ether oxygens (including phenoxy) is 1. The number of nitrogens with zero attached hydrogens (tertiary/aromatic N) is 1. The fourth-order valence-corrected chi connectivity index (χ4v) is 4.05. The first-order valence-corrected chi connectivity index (χ1v) is 10.7. The summed E-state index contributed by atoms with van der Waals surface area (Å²) in [5, 5.41) is 4.32. The molecule has 0 saturated heterocycles. The molecule has 0 unspecified atom stereocenters. The maximum atomic E-state index is 13.1. The van der Waals surface area contributed by atoms with Gasteiger partial charge in [-0.1, -0.05) is 46.9 Å². The maximum Gasteiger partial charge on any atom is 0.296 e. The number of hydrogen-bond acceptors (Lipinski definition) is 3. The minimum atomic E-state index is -0.803. The van der Waals surface area contributed by atoms with E-state index in [1.165, 1.54) is 0 Å². The molecule has 8 heteroatoms. The highest BCUT2D eigenvalue weighted by atomic mass is 35.5. The molecule has 5 nitrogen and oxygen atoms in total. The third-order valence-electron chi connectivity index (χ3n) is 5.00. The maximum absolute atomic E-state index is 13.1. The van der Waals surface area contributed by atoms with E-state index in [0.717, 1.165) is 5.56 Å². The fraction of sp³-hybridized carbons (Fsp3) is 0.0833. The van der Waals surface area contributed by atoms with Crippen LogP contribution in [0.3, 0.4) is 0 Å². The molecule has 3 aromatic carbocycles. The number of aromatic nitrogens is 1. The van der Waals surface area contributed by atoms with E-state index in [-0.39, 0.29) is 10.7 Å². The second kappa shape index (κ2) is 9.25. The van der Waals surface area contributed by atoms with Gasteiger partial charge in [-0.05, 0) is 60.2 Å². The minimum absolute atomic E-state index is 0.101. The summed E-state index contributed by atoms with van der Waals surface area (Å²) in [6.07, 6.45) is 0. The third-order valence-corrected chi connectivity index (χ3v) is 5.88. The van der Waals surface area contributed by atoms with Crippen LogP contribution in [0.4, 0.5) is 5.69 Å². The van der Waals surface area contributed by atoms with E-state index in [0.29, 0.717) is 38.9 Å². The first kappa shape index (κ1) is 22.2. The molecule has 0 spiro atoms. The number of hydrogen-bond donors (Lipinski definition) is 1. The number of carbonyl (C=O) groups excluding carboxylic acids is 2. The number of rotatable bonds is 6. The van der Waals surface area contributed by atoms with Crippen molar-refractivity contribution in [3.8, 4) is 5.75 Å². The topological polar surface area (TPSA) is 60.3 Å². The molecule has 4 rings (SSSR count). The van der Waals surface area contributed by atoms with Gasteiger partial charge in [-0.2, -0.15) is 0 Å². The lowest BCUT2D eigenvalue weighted by molar-refractivity contribution is -0.112. The number of fused-ring (bicyclic) bond motifs is 1. The van der Waals surface area contributed by atoms with E-state index in [1.54, 1.807) is 66.3 Å². The first-order chi connectivity index (χ1) is 15.4. The molecule has 1 amide bonds. The molecular formula is C24H17Cl3N2O3. The van der Waals surface area contributed by atoms with Gasteiger partial charge in [-0.25, -0.2) is 0 Å². The molecule has 0 atom stereocenters. The van der Waals surface area contributed by atoms with Crippen molar-refractivity contribution in [1.29, 1.82) is 0 Å². The van der Waals surface area contributed by atoms with Crippen LogP contribution in [0.15, 0.2) is 66.7 Å². The quantitative estimate of drug-likeness (QED) is 0.250. The zero-order chi connectivity index (χ0) is 22.8. The molecule has 0 aliphatic heterocycles. The molecule has 0 aliphatic rings. The average Bonchev–Trinajstić information content (AvgIpc) is 3.05. The predicted molar refractivity (Wildman–Crippen MR) is 128 cm³/mol. The number of anilines is 1. The largest absolute Gasteiger partial charge is 0.497 e. The Kier molecular flexibility index (Phi) is 6.42. The first-order valence-electron chi connectivity index (χ1n) is 9.59. The zero-order valence-corrected chi connectivity index (χ0v) is 19.1. The van der Waals surface area contributed by atoms with Crippen LogP contribution < -0.4 is 10.1 Å². The lowest BCUT2D eigenvalue weighted by Gasteiger charge is -2.08. The third kappa shape index (κ3) is 4.46. The fourth-order valence-electron chi connectivity index (χ4n) is 3.41. The highest BCUT2D eigenvalue weighted by molar-refractivity contribution is 6.52. The molecule has 32 heavy (non-hydrogen) atoms. The van der Waals surface area contributed by atoms with Crippen LogP contribution >= 0.6 is 34.8 Å². The summed E-state index contributed by atoms with van der Waals surface area (Å²) in [4.78, 5) is 25.9. The lowest BCUT2D eigenvalue weighted by atomic mass is 10.1. The van der Waals surface area contributed by atoms with Crippen molar-refractivity contribution in [2.75, 3.05) is 12.4 Å². The van der Waals surface area contributed by atoms with E-state index < -0.39 is 11.7 Å². The van der Waals surface area contributed by atoms with E-state index in [9.17, 15) is 9.59 Å². The number of methoxy groups -OCH3 is 1. The minimum Gasteiger partial charge on any atom is -0.497 e. The van der Waals surface area contributed by atoms with Crippen molar-refractivity contribution in [2.45, 2.75) is 6.54 Å². The van der Waals surface area contributed by atoms with Gasteiger partial charge in [0, 0.05) is 27.7 Å². The number of Topliss-reactive ketones (excluding diaryl/α,β-unsaturated/α-hetero) is 1. The Morgan fingerprint density at radius 3 is 2.22 bits per heavy atom. The highest BCUT2D eigenvalue weighted by Gasteiger charge is 2.27. The summed E-state index contributed by atoms with van der Waals surface area (Å²) >= 11 is 18.8. The molecule has 0 saturated carbocycles. The molecule has 4 aromatic rings. The highest BCUT2D eigenvalue weighted by Crippen LogP contribution is 2.33. The Labute approximate surface area is 199 Å². The summed E-state index contributed by atoms with van der Waals surface area (Å²) in [7, 11) is 1.55. The standard InChI is InChI=1S/C24H17Cl3N2O3/c1-32-18-9-7-17(8-10-18)28-24(31)22(30)21-19-12-16(26)6-11-20(19)29(23(21)27)13-14-2-4-15(25)5-3-14/h2-12H,13H2,1H3,(H,28,31). The van der Waals surface area contributed by atoms with Crippen LogP contribution in [0.25, 0.3) is 10.9 Å². The Morgan fingerprint density at radius 1 is 0.906 bits per heavy atom. The Balaban J connectivity index is 1.71. The van der Waals surface area contributed by atoms with Crippen molar-refractivity contribution in [1.82, 2.24) is 4.57 Å². The molecule has 0 bridgehead atoms. The monoisotopic (exact) mass is 486 g/mol. The van der Waals surface area contributed by atoms with Gasteiger partial charge in [0.05, 0.1) is 18.2 Å². The normalized spacial score (nSPS) is 10.9. The van der Waals surface area contributed by atoms with Crippen LogP contribution in [0.5, 0.6) is 5.75 Å². The van der Waals surface area contributed by atoms with Gasteiger partial charge < -0.3 is 14.6 Å². The number of ketones is 1. The van der Waals surface area contributed by atoms with Crippen molar-refractivity contribution in [2.24, 2.45) is 0 Å². The van der Waals surface area contributed by atoms with E-state index in [1.807, 2.05) is 12.1 Å². The number of halogens is 3. The SMILES string of the molecule is COc1ccc(NC(=O)C(=O)c2c(Cl)n(Cc3ccc(Cl)cc3)c3ccc(Cl)cc23)cc1. The number of benzene rings is 3. The molecule has 1 heterocycles. The van der Waals surface area contributed by atoms with Crippen LogP contribution in [0, 0.1) is 0 Å². The molecule has 0 aliphatic carbocycles. The summed E-state index contributed by atoms with van der Waals surface area (Å²) in [5.74, 6) is -0.923. The summed E-state index contributed by atoms with van der Waals surface area (Å²) < 4.78 is 6.87. The average molecular weight is 488 g/mol. The summed E-state index contributed by atoms with van der Waals surface area (Å²) in [6, 6.07) is 19.1. The van der Waals surface area contributed by atoms with E-state index in [4.69, 9.17) is 39.5 Å². The number of amides is 1. The molecule has 0 fully saturated rings. The number of carbonyl (C=O) groups is 2. The molecule has 1 N–H and O–H groups in total. The van der Waals surface area contributed by atoms with Crippen LogP contribution in [-0.2, 0) is 11.3 Å². The van der Waals surface area contributed by atoms with Crippen molar-refractivity contribution in [3.05, 3.63) is 93.1 Å². The van der Waals surface area contributed by atoms with Crippen LogP contribution in [0.2, 0.25) is 15.2 Å². The van der Waals surface area contributed by atoms with Crippen molar-refractivity contribution < 1.29 is 14.3 Å². The van der Waals surface area contributed by atoms with Gasteiger partial charge >= 0.3 is 0 Å². The summed E-state index contributed by atoms with van der Waals surface area (Å²) in [5.41, 5.74) is 2.19. The van der Waals surface area contributed by atoms with Gasteiger partial charge in [0.2, 0.25) is 0 Å². The second-order valence-corrected chi connectivity index (χ2v) is 8.28. The van der Waals surface area contributed by atoms with Gasteiger partial charge in [-0.15, -0.1) is 0 Å². The molecule has 162 valence electrons. The Hall–Kier alpha value is -2.99. The molecular weight excluding hydrogens is 471 g/mol. The predicted octanol–water partition coefficient (Wildman–Crippen LogP) is 6.48. The Bertz CT molecular complexity index is 1310.